The lowest BCUT2D eigenvalue weighted by molar-refractivity contribution is 0.343. The van der Waals surface area contributed by atoms with Gasteiger partial charge >= 0.3 is 0 Å². The van der Waals surface area contributed by atoms with Crippen molar-refractivity contribution in [2.24, 2.45) is 5.92 Å². The summed E-state index contributed by atoms with van der Waals surface area (Å²) in [7, 11) is 0. The SMILES string of the molecule is N#CC[C@H]1CC[C@H](Nc2c(N)cnc3[nH]ccc23)CC1. The lowest BCUT2D eigenvalue weighted by atomic mass is 9.84. The van der Waals surface area contributed by atoms with E-state index in [0.29, 0.717) is 24.1 Å². The Morgan fingerprint density at radius 2 is 2.20 bits per heavy atom. The number of nitrogens with zero attached hydrogens (tertiary/aromatic N) is 2. The van der Waals surface area contributed by atoms with Crippen molar-refractivity contribution >= 4 is 22.4 Å². The Labute approximate surface area is 118 Å². The Bertz CT molecular complexity index is 631. The van der Waals surface area contributed by atoms with E-state index in [1.807, 2.05) is 12.3 Å². The molecule has 2 aromatic rings. The number of nitrogens with one attached hydrogen (secondary N) is 2. The van der Waals surface area contributed by atoms with E-state index >= 15 is 0 Å². The first kappa shape index (κ1) is 12.8. The van der Waals surface area contributed by atoms with Gasteiger partial charge in [-0.1, -0.05) is 0 Å². The largest absolute Gasteiger partial charge is 0.396 e. The monoisotopic (exact) mass is 269 g/mol. The van der Waals surface area contributed by atoms with Gasteiger partial charge in [-0.25, -0.2) is 4.98 Å². The first-order valence-corrected chi connectivity index (χ1v) is 7.13. The van der Waals surface area contributed by atoms with Crippen LogP contribution >= 0.6 is 0 Å². The molecule has 0 amide bonds. The minimum atomic E-state index is 0.438. The number of anilines is 2. The summed E-state index contributed by atoms with van der Waals surface area (Å²) < 4.78 is 0. The summed E-state index contributed by atoms with van der Waals surface area (Å²) in [6.45, 7) is 0. The van der Waals surface area contributed by atoms with Gasteiger partial charge in [0.15, 0.2) is 0 Å². The maximum absolute atomic E-state index is 8.76. The predicted octanol–water partition coefficient (Wildman–Crippen LogP) is 3.03. The fourth-order valence-corrected chi connectivity index (χ4v) is 3.03. The molecule has 0 bridgehead atoms. The highest BCUT2D eigenvalue weighted by Gasteiger charge is 2.22. The van der Waals surface area contributed by atoms with Crippen molar-refractivity contribution in [2.75, 3.05) is 11.1 Å². The van der Waals surface area contributed by atoms with E-state index in [9.17, 15) is 0 Å². The number of H-pyrrole nitrogens is 1. The van der Waals surface area contributed by atoms with Crippen LogP contribution in [0.1, 0.15) is 32.1 Å². The number of nitriles is 1. The minimum Gasteiger partial charge on any atom is -0.396 e. The Hall–Kier alpha value is -2.22. The number of nitrogens with two attached hydrogens (primary N) is 1. The van der Waals surface area contributed by atoms with Gasteiger partial charge in [0.2, 0.25) is 0 Å². The molecule has 5 nitrogen and oxygen atoms in total. The third-order valence-electron chi connectivity index (χ3n) is 4.19. The summed E-state index contributed by atoms with van der Waals surface area (Å²) in [5.74, 6) is 0.570. The molecule has 104 valence electrons. The molecule has 0 unspecified atom stereocenters. The standard InChI is InChI=1S/C15H19N5/c16-7-5-10-1-3-11(4-2-10)20-14-12-6-8-18-15(12)19-9-13(14)17/h6,8-11H,1-5,17H2,(H2,18,19,20)/t10-,11-. The molecule has 20 heavy (non-hydrogen) atoms. The third kappa shape index (κ3) is 2.42. The van der Waals surface area contributed by atoms with Crippen molar-refractivity contribution in [3.05, 3.63) is 18.5 Å². The predicted molar refractivity (Wildman–Crippen MR) is 80.1 cm³/mol. The van der Waals surface area contributed by atoms with Gasteiger partial charge in [0, 0.05) is 24.0 Å². The molecule has 0 spiro atoms. The average molecular weight is 269 g/mol. The van der Waals surface area contributed by atoms with Crippen LogP contribution in [-0.2, 0) is 0 Å². The van der Waals surface area contributed by atoms with Crippen LogP contribution in [0.2, 0.25) is 0 Å². The number of pyridine rings is 1. The van der Waals surface area contributed by atoms with Gasteiger partial charge < -0.3 is 16.0 Å². The molecule has 5 heteroatoms. The van der Waals surface area contributed by atoms with Crippen molar-refractivity contribution in [1.82, 2.24) is 9.97 Å². The molecule has 1 aliphatic rings. The molecule has 0 aromatic carbocycles. The lowest BCUT2D eigenvalue weighted by Crippen LogP contribution is -2.26. The van der Waals surface area contributed by atoms with Gasteiger partial charge in [0.05, 0.1) is 23.6 Å². The number of hydrogen-bond acceptors (Lipinski definition) is 4. The van der Waals surface area contributed by atoms with E-state index in [2.05, 4.69) is 21.4 Å². The van der Waals surface area contributed by atoms with Gasteiger partial charge in [0.25, 0.3) is 0 Å². The van der Waals surface area contributed by atoms with E-state index in [0.717, 1.165) is 42.4 Å². The Morgan fingerprint density at radius 3 is 2.95 bits per heavy atom. The summed E-state index contributed by atoms with van der Waals surface area (Å²) in [4.78, 5) is 7.38. The third-order valence-corrected chi connectivity index (χ3v) is 4.19. The number of nitrogen functional groups attached to an aromatic ring is 1. The number of hydrogen-bond donors (Lipinski definition) is 3. The van der Waals surface area contributed by atoms with Crippen molar-refractivity contribution < 1.29 is 0 Å². The highest BCUT2D eigenvalue weighted by atomic mass is 15.0. The van der Waals surface area contributed by atoms with Crippen LogP contribution in [-0.4, -0.2) is 16.0 Å². The number of aromatic nitrogens is 2. The molecule has 4 N–H and O–H groups in total. The minimum absolute atomic E-state index is 0.438. The van der Waals surface area contributed by atoms with Gasteiger partial charge in [-0.2, -0.15) is 5.26 Å². The van der Waals surface area contributed by atoms with Crippen molar-refractivity contribution in [2.45, 2.75) is 38.1 Å². The van der Waals surface area contributed by atoms with Crippen LogP contribution in [0.5, 0.6) is 0 Å². The molecule has 0 aliphatic heterocycles. The molecule has 2 heterocycles. The van der Waals surface area contributed by atoms with E-state index < -0.39 is 0 Å². The summed E-state index contributed by atoms with van der Waals surface area (Å²) >= 11 is 0. The Kier molecular flexibility index (Phi) is 3.46. The average Bonchev–Trinajstić information content (AvgIpc) is 2.93. The molecule has 2 aromatic heterocycles. The molecule has 1 fully saturated rings. The first-order chi connectivity index (χ1) is 9.78. The summed E-state index contributed by atoms with van der Waals surface area (Å²) in [5, 5.41) is 13.4. The Morgan fingerprint density at radius 1 is 1.40 bits per heavy atom. The van der Waals surface area contributed by atoms with E-state index in [4.69, 9.17) is 11.0 Å². The molecule has 0 saturated heterocycles. The van der Waals surface area contributed by atoms with Gasteiger partial charge in [-0.3, -0.25) is 0 Å². The highest BCUT2D eigenvalue weighted by molar-refractivity contribution is 5.95. The molecular weight excluding hydrogens is 250 g/mol. The zero-order valence-corrected chi connectivity index (χ0v) is 11.4. The fourth-order valence-electron chi connectivity index (χ4n) is 3.03. The lowest BCUT2D eigenvalue weighted by Gasteiger charge is -2.29. The smallest absolute Gasteiger partial charge is 0.139 e. The van der Waals surface area contributed by atoms with Gasteiger partial charge in [-0.05, 0) is 37.7 Å². The number of rotatable bonds is 3. The maximum Gasteiger partial charge on any atom is 0.139 e. The van der Waals surface area contributed by atoms with Crippen LogP contribution in [0.25, 0.3) is 11.0 Å². The van der Waals surface area contributed by atoms with Gasteiger partial charge in [0.1, 0.15) is 5.65 Å². The normalized spacial score (nSPS) is 22.6. The van der Waals surface area contributed by atoms with Crippen molar-refractivity contribution in [3.63, 3.8) is 0 Å². The number of fused-ring (bicyclic) bond motifs is 1. The second kappa shape index (κ2) is 5.41. The van der Waals surface area contributed by atoms with Crippen LogP contribution in [0.4, 0.5) is 11.4 Å². The van der Waals surface area contributed by atoms with E-state index in [-0.39, 0.29) is 0 Å². The molecular formula is C15H19N5. The molecule has 0 atom stereocenters. The topological polar surface area (TPSA) is 90.5 Å². The van der Waals surface area contributed by atoms with Crippen LogP contribution in [0.15, 0.2) is 18.5 Å². The quantitative estimate of drug-likeness (QED) is 0.798. The summed E-state index contributed by atoms with van der Waals surface area (Å²) in [6, 6.07) is 4.72. The fraction of sp³-hybridized carbons (Fsp3) is 0.467. The van der Waals surface area contributed by atoms with Crippen LogP contribution in [0.3, 0.4) is 0 Å². The van der Waals surface area contributed by atoms with Crippen LogP contribution < -0.4 is 11.1 Å². The number of aromatic amines is 1. The van der Waals surface area contributed by atoms with Crippen molar-refractivity contribution in [1.29, 1.82) is 5.26 Å². The zero-order valence-electron chi connectivity index (χ0n) is 11.4. The molecule has 3 rings (SSSR count). The van der Waals surface area contributed by atoms with E-state index in [1.165, 1.54) is 0 Å². The molecule has 1 aliphatic carbocycles. The zero-order chi connectivity index (χ0) is 13.9. The second-order valence-corrected chi connectivity index (χ2v) is 5.55. The highest BCUT2D eigenvalue weighted by Crippen LogP contribution is 2.32. The molecule has 0 radical (unpaired) electrons. The first-order valence-electron chi connectivity index (χ1n) is 7.13. The Balaban J connectivity index is 1.73. The van der Waals surface area contributed by atoms with Crippen molar-refractivity contribution in [3.8, 4) is 6.07 Å². The molecule has 1 saturated carbocycles. The summed E-state index contributed by atoms with van der Waals surface area (Å²) in [6.07, 6.45) is 8.69. The summed E-state index contributed by atoms with van der Waals surface area (Å²) in [5.41, 5.74) is 8.59. The van der Waals surface area contributed by atoms with E-state index in [1.54, 1.807) is 6.20 Å². The maximum atomic E-state index is 8.76. The second-order valence-electron chi connectivity index (χ2n) is 5.55. The van der Waals surface area contributed by atoms with Crippen LogP contribution in [0, 0.1) is 17.2 Å². The van der Waals surface area contributed by atoms with Gasteiger partial charge in [-0.15, -0.1) is 0 Å².